The summed E-state index contributed by atoms with van der Waals surface area (Å²) in [6.45, 7) is -1.15. The number of alkyl halides is 1. The monoisotopic (exact) mass is 511 g/mol. The van der Waals surface area contributed by atoms with Crippen molar-refractivity contribution in [2.45, 2.75) is 23.3 Å². The summed E-state index contributed by atoms with van der Waals surface area (Å²) in [4.78, 5) is 25.1. The second-order valence-corrected chi connectivity index (χ2v) is 7.85. The molecular weight excluding hydrogens is 500 g/mol. The van der Waals surface area contributed by atoms with E-state index in [1.165, 1.54) is 0 Å². The van der Waals surface area contributed by atoms with Gasteiger partial charge in [-0.2, -0.15) is 8.42 Å². The summed E-state index contributed by atoms with van der Waals surface area (Å²) in [6, 6.07) is 1.81. The van der Waals surface area contributed by atoms with Gasteiger partial charge in [-0.3, -0.25) is 4.18 Å². The molecule has 0 amide bonds. The Kier molecular flexibility index (Phi) is 9.84. The fraction of sp³-hybridized carbons (Fsp3) is 0.357. The second kappa shape index (κ2) is 11.4. The van der Waals surface area contributed by atoms with Crippen molar-refractivity contribution in [1.29, 1.82) is 0 Å². The zero-order valence-corrected chi connectivity index (χ0v) is 17.8. The van der Waals surface area contributed by atoms with Gasteiger partial charge in [-0.1, -0.05) is 40.0 Å². The summed E-state index contributed by atoms with van der Waals surface area (Å²) in [6.07, 6.45) is -10.3. The average molecular weight is 513 g/mol. The zero-order chi connectivity index (χ0) is 23.1. The Bertz CT molecular complexity index is 913. The van der Waals surface area contributed by atoms with Crippen LogP contribution in [0.15, 0.2) is 22.2 Å². The smallest absolute Gasteiger partial charge is 0.450 e. The Balaban J connectivity index is 3.37. The van der Waals surface area contributed by atoms with Crippen LogP contribution in [0.1, 0.15) is 0 Å². The summed E-state index contributed by atoms with van der Waals surface area (Å²) < 4.78 is 52.9. The molecule has 3 atom stereocenters. The maximum absolute atomic E-state index is 14.4. The average Bonchev–Trinajstić information content (AvgIpc) is 2.63. The third kappa shape index (κ3) is 7.65. The molecule has 2 N–H and O–H groups in total. The van der Waals surface area contributed by atoms with Crippen LogP contribution in [0.3, 0.4) is 0 Å². The molecule has 0 spiro atoms. The Morgan fingerprint density at radius 3 is 2.30 bits per heavy atom. The molecule has 0 bridgehead atoms. The summed E-state index contributed by atoms with van der Waals surface area (Å²) in [5, 5.41) is 19.8. The van der Waals surface area contributed by atoms with Crippen molar-refractivity contribution in [3.05, 3.63) is 27.2 Å². The van der Waals surface area contributed by atoms with E-state index in [4.69, 9.17) is 49.2 Å². The lowest BCUT2D eigenvalue weighted by Gasteiger charge is -2.26. The molecule has 0 heterocycles. The quantitative estimate of drug-likeness (QED) is 0.156. The Morgan fingerprint density at radius 1 is 1.17 bits per heavy atom. The number of carboxylic acid groups (broad SMARTS) is 2. The van der Waals surface area contributed by atoms with Crippen LogP contribution in [0.2, 0.25) is 15.1 Å². The van der Waals surface area contributed by atoms with Crippen molar-refractivity contribution in [2.75, 3.05) is 13.7 Å². The van der Waals surface area contributed by atoms with Crippen LogP contribution in [0.5, 0.6) is 0 Å². The van der Waals surface area contributed by atoms with Crippen LogP contribution in [-0.4, -0.2) is 69.3 Å². The third-order valence-electron chi connectivity index (χ3n) is 3.09. The topological polar surface area (TPSA) is 158 Å². The van der Waals surface area contributed by atoms with Gasteiger partial charge in [-0.25, -0.2) is 14.0 Å². The molecule has 0 radical (unpaired) electrons. The number of hydrogen-bond donors (Lipinski definition) is 2. The van der Waals surface area contributed by atoms with Crippen LogP contribution in [0.25, 0.3) is 0 Å². The molecule has 0 unspecified atom stereocenters. The molecule has 1 aromatic rings. The maximum Gasteiger partial charge on any atom is 0.506 e. The minimum Gasteiger partial charge on any atom is -0.450 e. The molecule has 1 rings (SSSR count). The van der Waals surface area contributed by atoms with Gasteiger partial charge in [0.05, 0.1) is 21.3 Å². The molecule has 30 heavy (non-hydrogen) atoms. The molecule has 16 heteroatoms. The summed E-state index contributed by atoms with van der Waals surface area (Å²) >= 11 is 17.3. The van der Waals surface area contributed by atoms with Crippen molar-refractivity contribution in [2.24, 2.45) is 5.16 Å². The van der Waals surface area contributed by atoms with E-state index in [2.05, 4.69) is 19.5 Å². The van der Waals surface area contributed by atoms with Gasteiger partial charge in [0, 0.05) is 0 Å². The first-order chi connectivity index (χ1) is 13.9. The number of ether oxygens (including phenoxy) is 2. The van der Waals surface area contributed by atoms with Gasteiger partial charge in [0.2, 0.25) is 0 Å². The Morgan fingerprint density at radius 2 is 1.77 bits per heavy atom. The lowest BCUT2D eigenvalue weighted by Crippen LogP contribution is -2.45. The van der Waals surface area contributed by atoms with E-state index in [9.17, 15) is 22.4 Å². The highest BCUT2D eigenvalue weighted by atomic mass is 35.5. The normalized spacial score (nSPS) is 14.7. The number of rotatable bonds is 10. The van der Waals surface area contributed by atoms with Gasteiger partial charge in [0.1, 0.15) is 18.6 Å². The van der Waals surface area contributed by atoms with Gasteiger partial charge in [-0.05, 0) is 12.1 Å². The van der Waals surface area contributed by atoms with E-state index in [1.807, 2.05) is 0 Å². The molecule has 0 saturated heterocycles. The van der Waals surface area contributed by atoms with Gasteiger partial charge < -0.3 is 24.5 Å². The standard InChI is InChI=1S/C14H13Cl3FNO10S/c1-26-19-4-9(18)12(28-14(22)23)10(5-27-13(20)21)29-30(24,25)11-3-7(16)6(15)2-8(11)17/h2-4,9-10,12H,5H2,1H3,(H,20,21)(H,22,23)/t9-,10-,12+/m1/s1. The summed E-state index contributed by atoms with van der Waals surface area (Å²) in [5.74, 6) is 0. The number of nitrogens with zero attached hydrogens (tertiary/aromatic N) is 1. The van der Waals surface area contributed by atoms with Crippen LogP contribution >= 0.6 is 34.8 Å². The predicted octanol–water partition coefficient (Wildman–Crippen LogP) is 3.45. The molecule has 11 nitrogen and oxygen atoms in total. The highest BCUT2D eigenvalue weighted by molar-refractivity contribution is 7.87. The molecule has 0 aliphatic carbocycles. The van der Waals surface area contributed by atoms with Crippen LogP contribution in [0.4, 0.5) is 14.0 Å². The van der Waals surface area contributed by atoms with Crippen molar-refractivity contribution in [1.82, 2.24) is 0 Å². The van der Waals surface area contributed by atoms with Crippen molar-refractivity contribution >= 4 is 63.4 Å². The number of oxime groups is 1. The molecule has 0 aromatic heterocycles. The highest BCUT2D eigenvalue weighted by Gasteiger charge is 2.39. The van der Waals surface area contributed by atoms with Crippen molar-refractivity contribution in [3.8, 4) is 0 Å². The largest absolute Gasteiger partial charge is 0.506 e. The second-order valence-electron chi connectivity index (χ2n) is 5.09. The number of hydrogen-bond acceptors (Lipinski definition) is 9. The first-order valence-corrected chi connectivity index (χ1v) is 9.97. The fourth-order valence-corrected chi connectivity index (χ4v) is 3.96. The van der Waals surface area contributed by atoms with Gasteiger partial charge in [-0.15, -0.1) is 0 Å². The summed E-state index contributed by atoms with van der Waals surface area (Å²) in [7, 11) is -3.83. The predicted molar refractivity (Wildman–Crippen MR) is 101 cm³/mol. The number of halogens is 4. The molecule has 168 valence electrons. The molecule has 1 aromatic carbocycles. The molecule has 0 fully saturated rings. The van der Waals surface area contributed by atoms with E-state index in [1.54, 1.807) is 0 Å². The Hall–Kier alpha value is -2.06. The fourth-order valence-electron chi connectivity index (χ4n) is 1.91. The SMILES string of the molecule is CON=C[C@@H](F)[C@H](OC(=O)O)[C@@H](COC(=O)O)OS(=O)(=O)c1cc(Cl)c(Cl)cc1Cl. The van der Waals surface area contributed by atoms with Gasteiger partial charge >= 0.3 is 12.3 Å². The van der Waals surface area contributed by atoms with E-state index in [-0.39, 0.29) is 10.0 Å². The lowest BCUT2D eigenvalue weighted by molar-refractivity contribution is -0.0520. The van der Waals surface area contributed by atoms with Crippen LogP contribution < -0.4 is 0 Å². The molecule has 0 aliphatic rings. The maximum atomic E-state index is 14.4. The summed E-state index contributed by atoms with van der Waals surface area (Å²) in [5.41, 5.74) is 0. The Labute approximate surface area is 183 Å². The van der Waals surface area contributed by atoms with Crippen LogP contribution in [0, 0.1) is 0 Å². The van der Waals surface area contributed by atoms with E-state index >= 15 is 0 Å². The van der Waals surface area contributed by atoms with E-state index < -0.39 is 57.3 Å². The molecule has 0 saturated carbocycles. The highest BCUT2D eigenvalue weighted by Crippen LogP contribution is 2.33. The number of carbonyl (C=O) groups is 2. The van der Waals surface area contributed by atoms with E-state index in [0.29, 0.717) is 6.21 Å². The number of benzene rings is 1. The molecule has 0 aliphatic heterocycles. The van der Waals surface area contributed by atoms with Crippen molar-refractivity contribution < 1.29 is 51.1 Å². The van der Waals surface area contributed by atoms with Crippen LogP contribution in [-0.2, 0) is 28.6 Å². The van der Waals surface area contributed by atoms with Gasteiger partial charge in [0.15, 0.2) is 18.4 Å². The minimum absolute atomic E-state index is 0.0851. The third-order valence-corrected chi connectivity index (χ3v) is 5.62. The lowest BCUT2D eigenvalue weighted by atomic mass is 10.1. The zero-order valence-electron chi connectivity index (χ0n) is 14.7. The van der Waals surface area contributed by atoms with E-state index in [0.717, 1.165) is 19.2 Å². The molecular formula is C14H13Cl3FNO10S. The van der Waals surface area contributed by atoms with Crippen molar-refractivity contribution in [3.63, 3.8) is 0 Å². The minimum atomic E-state index is -4.88. The first kappa shape index (κ1) is 26.0. The first-order valence-electron chi connectivity index (χ1n) is 7.43. The van der Waals surface area contributed by atoms with Gasteiger partial charge in [0.25, 0.3) is 10.1 Å².